The lowest BCUT2D eigenvalue weighted by molar-refractivity contribution is 0.0740. The molecule has 35 heavy (non-hydrogen) atoms. The number of piperazine rings is 1. The number of anilines is 1. The van der Waals surface area contributed by atoms with Crippen LogP contribution in [-0.2, 0) is 5.75 Å². The summed E-state index contributed by atoms with van der Waals surface area (Å²) in [6.45, 7) is 4.70. The fraction of sp³-hybridized carbons (Fsp3) is 0.240. The van der Waals surface area contributed by atoms with E-state index in [2.05, 4.69) is 37.3 Å². The molecule has 0 N–H and O–H groups in total. The first kappa shape index (κ1) is 23.3. The molecule has 0 spiro atoms. The molecule has 1 aliphatic heterocycles. The number of carbonyl (C=O) groups is 1. The molecule has 3 heterocycles. The van der Waals surface area contributed by atoms with Crippen molar-refractivity contribution in [1.82, 2.24) is 29.9 Å². The van der Waals surface area contributed by atoms with Gasteiger partial charge in [-0.1, -0.05) is 52.8 Å². The zero-order valence-electron chi connectivity index (χ0n) is 19.2. The molecule has 0 bridgehead atoms. The SMILES string of the molecule is Cc1ccc(-n2nnc(C(=O)N3CCN(c4ccccc4)CC3)c2CSc2ncccn2)cc1Cl. The first-order valence-corrected chi connectivity index (χ1v) is 12.7. The third-order valence-electron chi connectivity index (χ3n) is 5.93. The number of nitrogens with zero attached hydrogens (tertiary/aromatic N) is 7. The quantitative estimate of drug-likeness (QED) is 0.286. The largest absolute Gasteiger partial charge is 0.368 e. The van der Waals surface area contributed by atoms with Crippen LogP contribution in [0.15, 0.2) is 72.1 Å². The Hall–Kier alpha value is -3.43. The Morgan fingerprint density at radius 2 is 1.71 bits per heavy atom. The number of halogens is 1. The van der Waals surface area contributed by atoms with Crippen LogP contribution in [0, 0.1) is 6.92 Å². The Kier molecular flexibility index (Phi) is 6.96. The second kappa shape index (κ2) is 10.5. The molecule has 10 heteroatoms. The second-order valence-corrected chi connectivity index (χ2v) is 9.51. The van der Waals surface area contributed by atoms with Crippen molar-refractivity contribution >= 4 is 35.0 Å². The van der Waals surface area contributed by atoms with Gasteiger partial charge >= 0.3 is 0 Å². The third kappa shape index (κ3) is 5.16. The summed E-state index contributed by atoms with van der Waals surface area (Å²) in [5, 5.41) is 9.92. The summed E-state index contributed by atoms with van der Waals surface area (Å²) >= 11 is 7.81. The molecule has 0 unspecified atom stereocenters. The van der Waals surface area contributed by atoms with Gasteiger partial charge in [0.25, 0.3) is 5.91 Å². The van der Waals surface area contributed by atoms with Gasteiger partial charge in [0.2, 0.25) is 0 Å². The summed E-state index contributed by atoms with van der Waals surface area (Å²) in [7, 11) is 0. The highest BCUT2D eigenvalue weighted by Gasteiger charge is 2.28. The summed E-state index contributed by atoms with van der Waals surface area (Å²) in [4.78, 5) is 26.3. The number of aromatic nitrogens is 5. The van der Waals surface area contributed by atoms with Crippen molar-refractivity contribution in [3.63, 3.8) is 0 Å². The van der Waals surface area contributed by atoms with E-state index in [1.807, 2.05) is 48.2 Å². The lowest BCUT2D eigenvalue weighted by Crippen LogP contribution is -2.49. The van der Waals surface area contributed by atoms with E-state index in [-0.39, 0.29) is 5.91 Å². The molecule has 8 nitrogen and oxygen atoms in total. The lowest BCUT2D eigenvalue weighted by Gasteiger charge is -2.35. The minimum Gasteiger partial charge on any atom is -0.368 e. The van der Waals surface area contributed by atoms with Gasteiger partial charge in [0, 0.05) is 55.0 Å². The Morgan fingerprint density at radius 3 is 2.43 bits per heavy atom. The highest BCUT2D eigenvalue weighted by atomic mass is 35.5. The van der Waals surface area contributed by atoms with E-state index >= 15 is 0 Å². The third-order valence-corrected chi connectivity index (χ3v) is 7.23. The monoisotopic (exact) mass is 505 g/mol. The van der Waals surface area contributed by atoms with Crippen molar-refractivity contribution in [3.8, 4) is 5.69 Å². The predicted molar refractivity (Wildman–Crippen MR) is 137 cm³/mol. The normalized spacial score (nSPS) is 13.8. The maximum Gasteiger partial charge on any atom is 0.276 e. The molecule has 0 saturated carbocycles. The van der Waals surface area contributed by atoms with Crippen LogP contribution in [0.4, 0.5) is 5.69 Å². The summed E-state index contributed by atoms with van der Waals surface area (Å²) in [5.74, 6) is 0.319. The molecule has 178 valence electrons. The van der Waals surface area contributed by atoms with Gasteiger partial charge in [-0.3, -0.25) is 4.79 Å². The molecule has 1 fully saturated rings. The fourth-order valence-electron chi connectivity index (χ4n) is 3.97. The summed E-state index contributed by atoms with van der Waals surface area (Å²) in [6, 6.07) is 17.7. The van der Waals surface area contributed by atoms with E-state index in [0.717, 1.165) is 24.3 Å². The maximum absolute atomic E-state index is 13.6. The van der Waals surface area contributed by atoms with E-state index in [0.29, 0.717) is 40.4 Å². The number of amides is 1. The summed E-state index contributed by atoms with van der Waals surface area (Å²) in [6.07, 6.45) is 3.39. The first-order valence-electron chi connectivity index (χ1n) is 11.3. The smallest absolute Gasteiger partial charge is 0.276 e. The predicted octanol–water partition coefficient (Wildman–Crippen LogP) is 4.27. The highest BCUT2D eigenvalue weighted by molar-refractivity contribution is 7.98. The molecule has 0 aliphatic carbocycles. The van der Waals surface area contributed by atoms with Crippen molar-refractivity contribution in [3.05, 3.63) is 89.0 Å². The van der Waals surface area contributed by atoms with E-state index in [1.165, 1.54) is 17.4 Å². The Bertz CT molecular complexity index is 1310. The average molecular weight is 506 g/mol. The Balaban J connectivity index is 1.40. The minimum absolute atomic E-state index is 0.119. The van der Waals surface area contributed by atoms with Gasteiger partial charge < -0.3 is 9.80 Å². The van der Waals surface area contributed by atoms with Crippen LogP contribution in [0.3, 0.4) is 0 Å². The molecule has 1 saturated heterocycles. The molecule has 0 atom stereocenters. The van der Waals surface area contributed by atoms with E-state index in [9.17, 15) is 4.79 Å². The summed E-state index contributed by atoms with van der Waals surface area (Å²) < 4.78 is 1.69. The fourth-order valence-corrected chi connectivity index (χ4v) is 4.94. The number of hydrogen-bond acceptors (Lipinski definition) is 7. The van der Waals surface area contributed by atoms with Crippen LogP contribution in [0.5, 0.6) is 0 Å². The molecule has 4 aromatic rings. The van der Waals surface area contributed by atoms with E-state index in [1.54, 1.807) is 23.1 Å². The van der Waals surface area contributed by atoms with Crippen molar-refractivity contribution < 1.29 is 4.79 Å². The number of para-hydroxylation sites is 1. The molecular formula is C25H24ClN7OS. The summed E-state index contributed by atoms with van der Waals surface area (Å²) in [5.41, 5.74) is 3.93. The molecule has 0 radical (unpaired) electrons. The van der Waals surface area contributed by atoms with Crippen LogP contribution >= 0.6 is 23.4 Å². The van der Waals surface area contributed by atoms with Crippen LogP contribution in [-0.4, -0.2) is 61.9 Å². The number of carbonyl (C=O) groups excluding carboxylic acids is 1. The van der Waals surface area contributed by atoms with Crippen molar-refractivity contribution in [1.29, 1.82) is 0 Å². The number of aryl methyl sites for hydroxylation is 1. The lowest BCUT2D eigenvalue weighted by atomic mass is 10.2. The number of thioether (sulfide) groups is 1. The van der Waals surface area contributed by atoms with Gasteiger partial charge in [-0.2, -0.15) is 0 Å². The van der Waals surface area contributed by atoms with Crippen LogP contribution < -0.4 is 4.90 Å². The first-order chi connectivity index (χ1) is 17.1. The zero-order valence-corrected chi connectivity index (χ0v) is 20.8. The zero-order chi connectivity index (χ0) is 24.2. The highest BCUT2D eigenvalue weighted by Crippen LogP contribution is 2.26. The minimum atomic E-state index is -0.119. The van der Waals surface area contributed by atoms with Crippen molar-refractivity contribution in [2.45, 2.75) is 17.8 Å². The topological polar surface area (TPSA) is 80.0 Å². The van der Waals surface area contributed by atoms with Gasteiger partial charge in [0.15, 0.2) is 10.9 Å². The van der Waals surface area contributed by atoms with Gasteiger partial charge in [0.05, 0.1) is 11.4 Å². The molecular weight excluding hydrogens is 482 g/mol. The molecule has 1 amide bonds. The van der Waals surface area contributed by atoms with Crippen LogP contribution in [0.1, 0.15) is 21.7 Å². The van der Waals surface area contributed by atoms with E-state index in [4.69, 9.17) is 11.6 Å². The Morgan fingerprint density at radius 1 is 0.971 bits per heavy atom. The van der Waals surface area contributed by atoms with Gasteiger partial charge in [-0.15, -0.1) is 5.10 Å². The molecule has 1 aliphatic rings. The van der Waals surface area contributed by atoms with Crippen molar-refractivity contribution in [2.75, 3.05) is 31.1 Å². The number of rotatable bonds is 6. The van der Waals surface area contributed by atoms with Gasteiger partial charge in [-0.25, -0.2) is 14.6 Å². The number of benzene rings is 2. The molecule has 2 aromatic heterocycles. The standard InChI is InChI=1S/C25H24ClN7OS/c1-18-8-9-20(16-21(18)26)33-22(17-35-25-27-10-5-11-28-25)23(29-30-33)24(34)32-14-12-31(13-15-32)19-6-3-2-4-7-19/h2-11,16H,12-15,17H2,1H3. The van der Waals surface area contributed by atoms with E-state index < -0.39 is 0 Å². The number of hydrogen-bond donors (Lipinski definition) is 0. The molecule has 5 rings (SSSR count). The molecule has 2 aromatic carbocycles. The Labute approximate surface area is 212 Å². The van der Waals surface area contributed by atoms with Crippen LogP contribution in [0.2, 0.25) is 5.02 Å². The van der Waals surface area contributed by atoms with Crippen LogP contribution in [0.25, 0.3) is 5.69 Å². The maximum atomic E-state index is 13.6. The van der Waals surface area contributed by atoms with Crippen molar-refractivity contribution in [2.24, 2.45) is 0 Å². The van der Waals surface area contributed by atoms with Gasteiger partial charge in [-0.05, 0) is 42.8 Å². The average Bonchev–Trinajstić information content (AvgIpc) is 3.34. The second-order valence-electron chi connectivity index (χ2n) is 8.16. The van der Waals surface area contributed by atoms with Gasteiger partial charge in [0.1, 0.15) is 0 Å².